The molecule has 9 nitrogen and oxygen atoms in total. The first-order valence-corrected chi connectivity index (χ1v) is 15.4. The standard InChI is InChI=1S/C22H19F3N4O.C11H9IN4/c1-15-26-8-10-28(15)18-6-9-29-20(14-27-21(29)13-18)17-4-2-3-16(11-17)12-19(30)5-7-22(23,24)25;1-8-13-3-5-15(8)9-2-4-16-10(12)7-14-11(16)6-9/h2-4,6,8-11,13-14H,5,7,12H2,1H3;2-7H,1H3. The Morgan fingerprint density at radius 1 is 0.783 bits per heavy atom. The molecule has 0 radical (unpaired) electrons. The molecule has 0 spiro atoms. The van der Waals surface area contributed by atoms with E-state index >= 15 is 0 Å². The molecular weight excluding hydrogens is 708 g/mol. The highest BCUT2D eigenvalue weighted by atomic mass is 127. The van der Waals surface area contributed by atoms with Crippen LogP contribution in [0.4, 0.5) is 13.2 Å². The first kappa shape index (κ1) is 31.2. The zero-order chi connectivity index (χ0) is 32.4. The van der Waals surface area contributed by atoms with Crippen LogP contribution in [-0.4, -0.2) is 49.8 Å². The fourth-order valence-corrected chi connectivity index (χ4v) is 5.71. The van der Waals surface area contributed by atoms with E-state index in [4.69, 9.17) is 0 Å². The molecule has 234 valence electrons. The Morgan fingerprint density at radius 3 is 2.00 bits per heavy atom. The van der Waals surface area contributed by atoms with Gasteiger partial charge in [-0.25, -0.2) is 19.9 Å². The molecule has 0 aliphatic rings. The molecule has 0 amide bonds. The monoisotopic (exact) mass is 736 g/mol. The highest BCUT2D eigenvalue weighted by molar-refractivity contribution is 14.1. The zero-order valence-electron chi connectivity index (χ0n) is 24.9. The van der Waals surface area contributed by atoms with E-state index in [-0.39, 0.29) is 6.42 Å². The summed E-state index contributed by atoms with van der Waals surface area (Å²) < 4.78 is 46.1. The molecule has 6 heterocycles. The number of fused-ring (bicyclic) bond motifs is 2. The maximum Gasteiger partial charge on any atom is 0.389 e. The number of halogens is 4. The second-order valence-corrected chi connectivity index (χ2v) is 11.8. The molecule has 0 fully saturated rings. The summed E-state index contributed by atoms with van der Waals surface area (Å²) in [5, 5.41) is 0. The van der Waals surface area contributed by atoms with E-state index in [1.165, 1.54) is 0 Å². The van der Waals surface area contributed by atoms with E-state index in [9.17, 15) is 18.0 Å². The summed E-state index contributed by atoms with van der Waals surface area (Å²) in [6.07, 6.45) is 8.98. The topological polar surface area (TPSA) is 87.3 Å². The summed E-state index contributed by atoms with van der Waals surface area (Å²) in [6.45, 7) is 3.90. The summed E-state index contributed by atoms with van der Waals surface area (Å²) >= 11 is 2.27. The van der Waals surface area contributed by atoms with Crippen molar-refractivity contribution in [2.75, 3.05) is 0 Å². The number of carbonyl (C=O) groups excluding carboxylic acids is 1. The van der Waals surface area contributed by atoms with E-state index in [1.54, 1.807) is 30.7 Å². The normalized spacial score (nSPS) is 11.6. The van der Waals surface area contributed by atoms with Crippen LogP contribution >= 0.6 is 22.6 Å². The first-order valence-electron chi connectivity index (χ1n) is 14.3. The van der Waals surface area contributed by atoms with Crippen molar-refractivity contribution in [3.63, 3.8) is 0 Å². The highest BCUT2D eigenvalue weighted by Gasteiger charge is 2.27. The number of Topliss-reactive ketones (excluding diaryl/α,β-unsaturated/α-hetero) is 1. The number of benzene rings is 1. The molecule has 46 heavy (non-hydrogen) atoms. The average molecular weight is 737 g/mol. The smallest absolute Gasteiger partial charge is 0.304 e. The van der Waals surface area contributed by atoms with Gasteiger partial charge in [0.15, 0.2) is 0 Å². The average Bonchev–Trinajstić information content (AvgIpc) is 3.83. The quantitative estimate of drug-likeness (QED) is 0.160. The number of aryl methyl sites for hydroxylation is 2. The Kier molecular flexibility index (Phi) is 8.75. The number of imidazole rings is 4. The molecule has 0 aliphatic carbocycles. The van der Waals surface area contributed by atoms with Gasteiger partial charge in [-0.05, 0) is 60.2 Å². The molecule has 0 unspecified atom stereocenters. The number of aromatic nitrogens is 8. The fraction of sp³-hybridized carbons (Fsp3) is 0.182. The molecule has 0 atom stereocenters. The van der Waals surface area contributed by atoms with Gasteiger partial charge in [-0.15, -0.1) is 0 Å². The van der Waals surface area contributed by atoms with Gasteiger partial charge in [0.2, 0.25) is 0 Å². The minimum atomic E-state index is -4.32. The van der Waals surface area contributed by atoms with Crippen molar-refractivity contribution in [1.29, 1.82) is 0 Å². The van der Waals surface area contributed by atoms with Crippen molar-refractivity contribution >= 4 is 39.7 Å². The lowest BCUT2D eigenvalue weighted by molar-refractivity contribution is -0.143. The molecule has 7 aromatic rings. The van der Waals surface area contributed by atoms with Gasteiger partial charge in [0.1, 0.15) is 32.4 Å². The number of nitrogens with zero attached hydrogens (tertiary/aromatic N) is 8. The van der Waals surface area contributed by atoms with Crippen LogP contribution in [0.25, 0.3) is 33.9 Å². The van der Waals surface area contributed by atoms with Crippen LogP contribution in [-0.2, 0) is 11.2 Å². The summed E-state index contributed by atoms with van der Waals surface area (Å²) in [5.74, 6) is 1.42. The number of ketones is 1. The van der Waals surface area contributed by atoms with E-state index in [2.05, 4.69) is 59.1 Å². The van der Waals surface area contributed by atoms with Crippen LogP contribution in [0.1, 0.15) is 30.1 Å². The van der Waals surface area contributed by atoms with E-state index in [1.807, 2.05) is 82.6 Å². The molecule has 0 saturated heterocycles. The van der Waals surface area contributed by atoms with E-state index in [0.29, 0.717) is 5.56 Å². The van der Waals surface area contributed by atoms with Gasteiger partial charge < -0.3 is 9.13 Å². The van der Waals surface area contributed by atoms with Crippen LogP contribution < -0.4 is 0 Å². The second-order valence-electron chi connectivity index (χ2n) is 10.7. The Morgan fingerprint density at radius 2 is 1.39 bits per heavy atom. The molecule has 1 aromatic carbocycles. The molecule has 0 saturated carbocycles. The summed E-state index contributed by atoms with van der Waals surface area (Å²) in [5.41, 5.74) is 6.10. The van der Waals surface area contributed by atoms with E-state index in [0.717, 1.165) is 49.3 Å². The van der Waals surface area contributed by atoms with Crippen molar-refractivity contribution in [2.24, 2.45) is 0 Å². The molecule has 7 rings (SSSR count). The Hall–Kier alpha value is -4.79. The molecular formula is C33H28F3IN8O. The zero-order valence-corrected chi connectivity index (χ0v) is 27.0. The Labute approximate surface area is 275 Å². The van der Waals surface area contributed by atoms with Crippen molar-refractivity contribution < 1.29 is 18.0 Å². The lowest BCUT2D eigenvalue weighted by Gasteiger charge is -2.08. The molecule has 13 heteroatoms. The fourth-order valence-electron chi connectivity index (χ4n) is 5.16. The third-order valence-electron chi connectivity index (χ3n) is 7.47. The summed E-state index contributed by atoms with van der Waals surface area (Å²) in [4.78, 5) is 29.2. The van der Waals surface area contributed by atoms with Crippen LogP contribution in [0.3, 0.4) is 0 Å². The maximum absolute atomic E-state index is 12.3. The number of hydrogen-bond donors (Lipinski definition) is 0. The number of rotatable bonds is 7. The van der Waals surface area contributed by atoms with Crippen LogP contribution in [0, 0.1) is 17.5 Å². The van der Waals surface area contributed by atoms with Crippen molar-refractivity contribution in [2.45, 2.75) is 39.3 Å². The van der Waals surface area contributed by atoms with Crippen LogP contribution in [0.15, 0.2) is 98.1 Å². The third-order valence-corrected chi connectivity index (χ3v) is 8.27. The van der Waals surface area contributed by atoms with Crippen molar-refractivity contribution in [3.05, 3.63) is 119 Å². The van der Waals surface area contributed by atoms with Gasteiger partial charge in [0.05, 0.1) is 35.9 Å². The molecule has 0 aliphatic heterocycles. The molecule has 0 bridgehead atoms. The Balaban J connectivity index is 0.000000194. The summed E-state index contributed by atoms with van der Waals surface area (Å²) in [7, 11) is 0. The van der Waals surface area contributed by atoms with Crippen LogP contribution in [0.5, 0.6) is 0 Å². The maximum atomic E-state index is 12.3. The number of hydrogen-bond acceptors (Lipinski definition) is 5. The third kappa shape index (κ3) is 6.88. The van der Waals surface area contributed by atoms with Gasteiger partial charge in [0, 0.05) is 67.7 Å². The lowest BCUT2D eigenvalue weighted by Crippen LogP contribution is -2.12. The van der Waals surface area contributed by atoms with Crippen molar-refractivity contribution in [1.82, 2.24) is 37.9 Å². The SMILES string of the molecule is Cc1nccn1-c1ccn2c(-c3cccc(CC(=O)CCC(F)(F)F)c3)cnc2c1.Cc1nccn1-c1ccn2c(I)cnc2c1. The highest BCUT2D eigenvalue weighted by Crippen LogP contribution is 2.25. The number of carbonyl (C=O) groups is 1. The van der Waals surface area contributed by atoms with Crippen LogP contribution in [0.2, 0.25) is 0 Å². The Bertz CT molecular complexity index is 2160. The largest absolute Gasteiger partial charge is 0.389 e. The molecule has 6 aromatic heterocycles. The van der Waals surface area contributed by atoms with Crippen molar-refractivity contribution in [3.8, 4) is 22.6 Å². The van der Waals surface area contributed by atoms with Gasteiger partial charge in [-0.3, -0.25) is 13.6 Å². The van der Waals surface area contributed by atoms with Gasteiger partial charge in [-0.2, -0.15) is 13.2 Å². The minimum absolute atomic E-state index is 0.0231. The van der Waals surface area contributed by atoms with E-state index < -0.39 is 24.8 Å². The predicted molar refractivity (Wildman–Crippen MR) is 176 cm³/mol. The lowest BCUT2D eigenvalue weighted by atomic mass is 10.0. The molecule has 0 N–H and O–H groups in total. The van der Waals surface area contributed by atoms with Gasteiger partial charge in [0.25, 0.3) is 0 Å². The number of alkyl halides is 3. The minimum Gasteiger partial charge on any atom is -0.304 e. The van der Waals surface area contributed by atoms with Gasteiger partial charge >= 0.3 is 6.18 Å². The summed E-state index contributed by atoms with van der Waals surface area (Å²) in [6, 6.07) is 15.3. The first-order chi connectivity index (χ1) is 22.1. The second kappa shape index (κ2) is 12.9. The van der Waals surface area contributed by atoms with Gasteiger partial charge in [-0.1, -0.05) is 18.2 Å². The number of pyridine rings is 2. The predicted octanol–water partition coefficient (Wildman–Crippen LogP) is 7.38.